The predicted octanol–water partition coefficient (Wildman–Crippen LogP) is 2.12. The number of benzene rings is 1. The highest BCUT2D eigenvalue weighted by molar-refractivity contribution is 5.77. The molecule has 0 aliphatic rings. The maximum atomic E-state index is 12.8. The van der Waals surface area contributed by atoms with Gasteiger partial charge in [0.15, 0.2) is 0 Å². The molecule has 1 aromatic rings. The van der Waals surface area contributed by atoms with Gasteiger partial charge in [0.1, 0.15) is 5.82 Å². The van der Waals surface area contributed by atoms with E-state index in [4.69, 9.17) is 5.73 Å². The highest BCUT2D eigenvalue weighted by Crippen LogP contribution is 2.18. The van der Waals surface area contributed by atoms with Crippen LogP contribution in [0, 0.1) is 5.82 Å². The van der Waals surface area contributed by atoms with Crippen molar-refractivity contribution >= 4 is 17.3 Å². The molecule has 4 nitrogen and oxygen atoms in total. The first-order valence-corrected chi connectivity index (χ1v) is 5.88. The first-order valence-electron chi connectivity index (χ1n) is 5.88. The summed E-state index contributed by atoms with van der Waals surface area (Å²) in [4.78, 5) is 11.5. The Kier molecular flexibility index (Phi) is 4.53. The van der Waals surface area contributed by atoms with E-state index in [0.717, 1.165) is 0 Å². The summed E-state index contributed by atoms with van der Waals surface area (Å²) in [5.74, 6) is -0.404. The van der Waals surface area contributed by atoms with Crippen LogP contribution in [0.3, 0.4) is 0 Å². The minimum atomic E-state index is -0.372. The van der Waals surface area contributed by atoms with Gasteiger partial charge in [-0.2, -0.15) is 0 Å². The molecule has 1 aromatic carbocycles. The molecule has 0 heterocycles. The molecule has 0 spiro atoms. The van der Waals surface area contributed by atoms with Crippen LogP contribution < -0.4 is 16.4 Å². The maximum absolute atomic E-state index is 12.8. The van der Waals surface area contributed by atoms with E-state index in [1.54, 1.807) is 6.07 Å². The van der Waals surface area contributed by atoms with Crippen molar-refractivity contribution in [3.05, 3.63) is 24.0 Å². The lowest BCUT2D eigenvalue weighted by atomic mass is 10.1. The van der Waals surface area contributed by atoms with E-state index in [1.807, 2.05) is 20.8 Å². The van der Waals surface area contributed by atoms with Crippen LogP contribution in [0.15, 0.2) is 18.2 Å². The fraction of sp³-hybridized carbons (Fsp3) is 0.462. The molecule has 0 atom stereocenters. The van der Waals surface area contributed by atoms with Gasteiger partial charge >= 0.3 is 0 Å². The average molecular weight is 253 g/mol. The van der Waals surface area contributed by atoms with Crippen LogP contribution in [0.5, 0.6) is 0 Å². The van der Waals surface area contributed by atoms with Crippen LogP contribution in [0.25, 0.3) is 0 Å². The highest BCUT2D eigenvalue weighted by Gasteiger charge is 2.13. The van der Waals surface area contributed by atoms with Crippen LogP contribution in [-0.2, 0) is 4.79 Å². The Balaban J connectivity index is 2.40. The molecule has 0 aliphatic carbocycles. The van der Waals surface area contributed by atoms with Crippen molar-refractivity contribution in [2.24, 2.45) is 0 Å². The summed E-state index contributed by atoms with van der Waals surface area (Å²) in [7, 11) is 0. The molecule has 0 aromatic heterocycles. The lowest BCUT2D eigenvalue weighted by molar-refractivity contribution is -0.122. The van der Waals surface area contributed by atoms with E-state index in [0.29, 0.717) is 24.3 Å². The van der Waals surface area contributed by atoms with Crippen molar-refractivity contribution in [2.75, 3.05) is 17.6 Å². The molecule has 0 aliphatic heterocycles. The largest absolute Gasteiger partial charge is 0.397 e. The van der Waals surface area contributed by atoms with Gasteiger partial charge in [0, 0.05) is 18.5 Å². The summed E-state index contributed by atoms with van der Waals surface area (Å²) in [6.07, 6.45) is 0.341. The van der Waals surface area contributed by atoms with Gasteiger partial charge < -0.3 is 16.4 Å². The number of anilines is 2. The third-order valence-electron chi connectivity index (χ3n) is 2.20. The van der Waals surface area contributed by atoms with Crippen molar-refractivity contribution in [2.45, 2.75) is 32.7 Å². The molecule has 0 bridgehead atoms. The first-order chi connectivity index (χ1) is 8.28. The Labute approximate surface area is 107 Å². The number of rotatable bonds is 4. The molecule has 4 N–H and O–H groups in total. The van der Waals surface area contributed by atoms with E-state index in [1.165, 1.54) is 12.1 Å². The summed E-state index contributed by atoms with van der Waals surface area (Å²) in [6, 6.07) is 4.14. The number of hydrogen-bond acceptors (Lipinski definition) is 3. The van der Waals surface area contributed by atoms with Crippen molar-refractivity contribution in [3.63, 3.8) is 0 Å². The Morgan fingerprint density at radius 3 is 2.61 bits per heavy atom. The molecular formula is C13H20FN3O. The van der Waals surface area contributed by atoms with Crippen LogP contribution in [0.4, 0.5) is 15.8 Å². The van der Waals surface area contributed by atoms with Gasteiger partial charge in [-0.3, -0.25) is 4.79 Å². The second-order valence-electron chi connectivity index (χ2n) is 5.21. The van der Waals surface area contributed by atoms with Crippen LogP contribution in [0.2, 0.25) is 0 Å². The van der Waals surface area contributed by atoms with Gasteiger partial charge in [-0.05, 0) is 39.0 Å². The molecule has 1 rings (SSSR count). The summed E-state index contributed by atoms with van der Waals surface area (Å²) in [5, 5.41) is 5.86. The highest BCUT2D eigenvalue weighted by atomic mass is 19.1. The summed E-state index contributed by atoms with van der Waals surface area (Å²) in [6.45, 7) is 6.24. The number of nitrogens with two attached hydrogens (primary N) is 1. The molecule has 0 radical (unpaired) electrons. The van der Waals surface area contributed by atoms with E-state index in [2.05, 4.69) is 10.6 Å². The Morgan fingerprint density at radius 2 is 2.06 bits per heavy atom. The number of nitrogen functional groups attached to an aromatic ring is 1. The summed E-state index contributed by atoms with van der Waals surface area (Å²) in [5.41, 5.74) is 6.38. The van der Waals surface area contributed by atoms with Crippen LogP contribution >= 0.6 is 0 Å². The second kappa shape index (κ2) is 5.71. The predicted molar refractivity (Wildman–Crippen MR) is 71.8 cm³/mol. The molecule has 5 heteroatoms. The molecule has 0 saturated heterocycles. The lowest BCUT2D eigenvalue weighted by Crippen LogP contribution is -2.41. The second-order valence-corrected chi connectivity index (χ2v) is 5.21. The third-order valence-corrected chi connectivity index (χ3v) is 2.20. The smallest absolute Gasteiger partial charge is 0.222 e. The fourth-order valence-corrected chi connectivity index (χ4v) is 1.49. The number of halogens is 1. The van der Waals surface area contributed by atoms with E-state index >= 15 is 0 Å². The van der Waals surface area contributed by atoms with Gasteiger partial charge in [0.2, 0.25) is 5.91 Å². The Morgan fingerprint density at radius 1 is 1.39 bits per heavy atom. The van der Waals surface area contributed by atoms with Crippen LogP contribution in [-0.4, -0.2) is 18.0 Å². The molecule has 1 amide bonds. The topological polar surface area (TPSA) is 67.2 Å². The molecule has 0 fully saturated rings. The lowest BCUT2D eigenvalue weighted by Gasteiger charge is -2.20. The van der Waals surface area contributed by atoms with Crippen molar-refractivity contribution < 1.29 is 9.18 Å². The quantitative estimate of drug-likeness (QED) is 0.720. The van der Waals surface area contributed by atoms with Crippen molar-refractivity contribution in [1.29, 1.82) is 0 Å². The van der Waals surface area contributed by atoms with E-state index in [9.17, 15) is 9.18 Å². The number of nitrogens with one attached hydrogen (secondary N) is 2. The Hall–Kier alpha value is -1.78. The normalized spacial score (nSPS) is 11.1. The summed E-state index contributed by atoms with van der Waals surface area (Å²) >= 11 is 0. The molecule has 0 unspecified atom stereocenters. The fourth-order valence-electron chi connectivity index (χ4n) is 1.49. The number of carbonyl (C=O) groups is 1. The van der Waals surface area contributed by atoms with Gasteiger partial charge in [0.25, 0.3) is 0 Å². The zero-order valence-corrected chi connectivity index (χ0v) is 11.0. The maximum Gasteiger partial charge on any atom is 0.222 e. The monoisotopic (exact) mass is 253 g/mol. The SMILES string of the molecule is CC(C)(C)NC(=O)CCNc1ccc(F)cc1N. The number of carbonyl (C=O) groups excluding carboxylic acids is 1. The van der Waals surface area contributed by atoms with Gasteiger partial charge in [-0.15, -0.1) is 0 Å². The van der Waals surface area contributed by atoms with E-state index < -0.39 is 0 Å². The minimum absolute atomic E-state index is 0.0318. The molecule has 0 saturated carbocycles. The molecular weight excluding hydrogens is 233 g/mol. The number of hydrogen-bond donors (Lipinski definition) is 3. The first kappa shape index (κ1) is 14.3. The summed E-state index contributed by atoms with van der Waals surface area (Å²) < 4.78 is 12.8. The van der Waals surface area contributed by atoms with Crippen molar-refractivity contribution in [3.8, 4) is 0 Å². The van der Waals surface area contributed by atoms with Gasteiger partial charge in [0.05, 0.1) is 11.4 Å². The third kappa shape index (κ3) is 5.03. The zero-order chi connectivity index (χ0) is 13.8. The molecule has 18 heavy (non-hydrogen) atoms. The van der Waals surface area contributed by atoms with Gasteiger partial charge in [-0.1, -0.05) is 0 Å². The Bertz CT molecular complexity index is 427. The van der Waals surface area contributed by atoms with Crippen LogP contribution in [0.1, 0.15) is 27.2 Å². The van der Waals surface area contributed by atoms with Gasteiger partial charge in [-0.25, -0.2) is 4.39 Å². The number of amides is 1. The minimum Gasteiger partial charge on any atom is -0.397 e. The average Bonchev–Trinajstić information content (AvgIpc) is 2.18. The van der Waals surface area contributed by atoms with E-state index in [-0.39, 0.29) is 17.3 Å². The molecule has 100 valence electrons. The van der Waals surface area contributed by atoms with Crippen molar-refractivity contribution in [1.82, 2.24) is 5.32 Å². The zero-order valence-electron chi connectivity index (χ0n) is 11.0. The standard InChI is InChI=1S/C13H20FN3O/c1-13(2,3)17-12(18)6-7-16-11-5-4-9(14)8-10(11)15/h4-5,8,16H,6-7,15H2,1-3H3,(H,17,18).